The molecule has 0 unspecified atom stereocenters. The Morgan fingerprint density at radius 3 is 2.24 bits per heavy atom. The van der Waals surface area contributed by atoms with E-state index >= 15 is 0 Å². The SMILES string of the molecule is Cc1cc2c([N+](=O)[O-])cc1CCc1ccc(c(C)c1)CC2. The predicted octanol–water partition coefficient (Wildman–Crippen LogP) is 4.10. The first-order chi connectivity index (χ1) is 10.0. The number of rotatable bonds is 1. The van der Waals surface area contributed by atoms with Crippen LogP contribution >= 0.6 is 0 Å². The zero-order valence-electron chi connectivity index (χ0n) is 12.5. The monoisotopic (exact) mass is 281 g/mol. The standard InChI is InChI=1S/C18H19NO2/c1-12-9-14-3-5-15(12)7-8-17-10-13(2)16(6-4-14)11-18(17)19(20)21/h3,5,9-11H,4,6-8H2,1-2H3. The molecule has 0 aromatic heterocycles. The molecule has 0 atom stereocenters. The minimum absolute atomic E-state index is 0.237. The number of hydrogen-bond donors (Lipinski definition) is 0. The van der Waals surface area contributed by atoms with Crippen molar-refractivity contribution in [2.45, 2.75) is 39.5 Å². The summed E-state index contributed by atoms with van der Waals surface area (Å²) >= 11 is 0. The molecule has 108 valence electrons. The largest absolute Gasteiger partial charge is 0.272 e. The van der Waals surface area contributed by atoms with Gasteiger partial charge in [-0.3, -0.25) is 10.1 Å². The van der Waals surface area contributed by atoms with Crippen LogP contribution in [-0.4, -0.2) is 4.92 Å². The van der Waals surface area contributed by atoms with E-state index in [0.29, 0.717) is 0 Å². The summed E-state index contributed by atoms with van der Waals surface area (Å²) in [5, 5.41) is 11.3. The molecule has 0 aliphatic heterocycles. The average molecular weight is 281 g/mol. The van der Waals surface area contributed by atoms with E-state index in [-0.39, 0.29) is 10.6 Å². The average Bonchev–Trinajstić information content (AvgIpc) is 2.42. The third kappa shape index (κ3) is 2.68. The maximum atomic E-state index is 11.3. The molecule has 4 aliphatic rings. The molecule has 4 aliphatic carbocycles. The Morgan fingerprint density at radius 2 is 1.52 bits per heavy atom. The summed E-state index contributed by atoms with van der Waals surface area (Å²) in [4.78, 5) is 11.1. The van der Waals surface area contributed by atoms with Crippen molar-refractivity contribution >= 4 is 5.69 Å². The van der Waals surface area contributed by atoms with Gasteiger partial charge in [-0.05, 0) is 73.4 Å². The zero-order chi connectivity index (χ0) is 15.0. The lowest BCUT2D eigenvalue weighted by Gasteiger charge is -2.14. The van der Waals surface area contributed by atoms with Crippen molar-refractivity contribution < 1.29 is 4.92 Å². The smallest absolute Gasteiger partial charge is 0.258 e. The van der Waals surface area contributed by atoms with E-state index in [2.05, 4.69) is 32.0 Å². The van der Waals surface area contributed by atoms with Gasteiger partial charge in [-0.25, -0.2) is 0 Å². The lowest BCUT2D eigenvalue weighted by atomic mass is 9.91. The van der Waals surface area contributed by atoms with Crippen LogP contribution in [0.4, 0.5) is 5.69 Å². The summed E-state index contributed by atoms with van der Waals surface area (Å²) in [6, 6.07) is 10.4. The Hall–Kier alpha value is -2.16. The first kappa shape index (κ1) is 13.8. The number of hydrogen-bond acceptors (Lipinski definition) is 2. The van der Waals surface area contributed by atoms with Gasteiger partial charge >= 0.3 is 0 Å². The summed E-state index contributed by atoms with van der Waals surface area (Å²) in [6.45, 7) is 4.19. The molecule has 6 rings (SSSR count). The van der Waals surface area contributed by atoms with Gasteiger partial charge in [0, 0.05) is 11.6 Å². The van der Waals surface area contributed by atoms with Crippen LogP contribution in [0, 0.1) is 24.0 Å². The number of aryl methyl sites for hydroxylation is 6. The molecule has 3 heteroatoms. The molecule has 4 bridgehead atoms. The van der Waals surface area contributed by atoms with Gasteiger partial charge in [-0.1, -0.05) is 18.2 Å². The van der Waals surface area contributed by atoms with Crippen molar-refractivity contribution in [1.29, 1.82) is 0 Å². The Labute approximate surface area is 124 Å². The lowest BCUT2D eigenvalue weighted by molar-refractivity contribution is -0.385. The molecule has 3 nitrogen and oxygen atoms in total. The van der Waals surface area contributed by atoms with Crippen LogP contribution in [0.1, 0.15) is 33.4 Å². The Kier molecular flexibility index (Phi) is 3.50. The molecular weight excluding hydrogens is 262 g/mol. The van der Waals surface area contributed by atoms with Crippen LogP contribution in [0.15, 0.2) is 30.3 Å². The fraction of sp³-hybridized carbons (Fsp3) is 0.333. The first-order valence-corrected chi connectivity index (χ1v) is 7.40. The van der Waals surface area contributed by atoms with E-state index in [4.69, 9.17) is 0 Å². The number of nitrogens with zero attached hydrogens (tertiary/aromatic N) is 1. The van der Waals surface area contributed by atoms with E-state index in [1.807, 2.05) is 6.07 Å². The molecular formula is C18H19NO2. The Bertz CT molecular complexity index is 719. The maximum Gasteiger partial charge on any atom is 0.272 e. The second kappa shape index (κ2) is 5.32. The predicted molar refractivity (Wildman–Crippen MR) is 83.8 cm³/mol. The minimum Gasteiger partial charge on any atom is -0.258 e. The van der Waals surface area contributed by atoms with Crippen molar-refractivity contribution in [3.8, 4) is 0 Å². The molecule has 0 fully saturated rings. The van der Waals surface area contributed by atoms with Crippen molar-refractivity contribution in [2.24, 2.45) is 0 Å². The highest BCUT2D eigenvalue weighted by atomic mass is 16.6. The van der Waals surface area contributed by atoms with Gasteiger partial charge in [-0.15, -0.1) is 0 Å². The number of benzene rings is 2. The summed E-state index contributed by atoms with van der Waals surface area (Å²) in [6.07, 6.45) is 3.35. The van der Waals surface area contributed by atoms with E-state index in [1.165, 1.54) is 22.3 Å². The minimum atomic E-state index is -0.237. The van der Waals surface area contributed by atoms with Crippen molar-refractivity contribution in [2.75, 3.05) is 0 Å². The molecule has 21 heavy (non-hydrogen) atoms. The molecule has 0 heterocycles. The van der Waals surface area contributed by atoms with E-state index < -0.39 is 0 Å². The van der Waals surface area contributed by atoms with Gasteiger partial charge in [0.1, 0.15) is 0 Å². The van der Waals surface area contributed by atoms with Crippen LogP contribution in [0.2, 0.25) is 0 Å². The molecule has 0 radical (unpaired) electrons. The zero-order valence-corrected chi connectivity index (χ0v) is 12.5. The molecule has 0 saturated carbocycles. The Balaban J connectivity index is 2.11. The summed E-state index contributed by atoms with van der Waals surface area (Å²) in [5.41, 5.74) is 7.28. The highest BCUT2D eigenvalue weighted by Crippen LogP contribution is 2.27. The third-order valence-corrected chi connectivity index (χ3v) is 4.49. The van der Waals surface area contributed by atoms with Gasteiger partial charge < -0.3 is 0 Å². The summed E-state index contributed by atoms with van der Waals surface area (Å²) in [7, 11) is 0. The number of nitro groups is 1. The summed E-state index contributed by atoms with van der Waals surface area (Å²) in [5.74, 6) is 0. The van der Waals surface area contributed by atoms with E-state index in [0.717, 1.165) is 36.8 Å². The van der Waals surface area contributed by atoms with Crippen LogP contribution in [-0.2, 0) is 25.7 Å². The van der Waals surface area contributed by atoms with Gasteiger partial charge in [0.15, 0.2) is 0 Å². The topological polar surface area (TPSA) is 43.1 Å². The second-order valence-corrected chi connectivity index (χ2v) is 5.93. The van der Waals surface area contributed by atoms with Crippen LogP contribution in [0.25, 0.3) is 0 Å². The van der Waals surface area contributed by atoms with Crippen molar-refractivity contribution in [3.63, 3.8) is 0 Å². The van der Waals surface area contributed by atoms with Gasteiger partial charge in [0.05, 0.1) is 4.92 Å². The highest BCUT2D eigenvalue weighted by molar-refractivity contribution is 5.48. The molecule has 2 aromatic carbocycles. The van der Waals surface area contributed by atoms with Crippen LogP contribution in [0.5, 0.6) is 0 Å². The van der Waals surface area contributed by atoms with E-state index in [1.54, 1.807) is 6.07 Å². The fourth-order valence-electron chi connectivity index (χ4n) is 3.18. The maximum absolute atomic E-state index is 11.3. The molecule has 0 amide bonds. The lowest BCUT2D eigenvalue weighted by Crippen LogP contribution is -2.05. The van der Waals surface area contributed by atoms with Gasteiger partial charge in [0.25, 0.3) is 5.69 Å². The van der Waals surface area contributed by atoms with Crippen molar-refractivity contribution in [1.82, 2.24) is 0 Å². The fourth-order valence-corrected chi connectivity index (χ4v) is 3.18. The van der Waals surface area contributed by atoms with Gasteiger partial charge in [0.2, 0.25) is 0 Å². The van der Waals surface area contributed by atoms with E-state index in [9.17, 15) is 10.1 Å². The highest BCUT2D eigenvalue weighted by Gasteiger charge is 2.18. The second-order valence-electron chi connectivity index (χ2n) is 5.93. The van der Waals surface area contributed by atoms with Crippen LogP contribution in [0.3, 0.4) is 0 Å². The van der Waals surface area contributed by atoms with Gasteiger partial charge in [-0.2, -0.15) is 0 Å². The quantitative estimate of drug-likeness (QED) is 0.583. The molecule has 0 saturated heterocycles. The van der Waals surface area contributed by atoms with Crippen molar-refractivity contribution in [3.05, 3.63) is 73.8 Å². The normalized spacial score (nSPS) is 13.8. The van der Waals surface area contributed by atoms with Crippen LogP contribution < -0.4 is 0 Å². The molecule has 0 spiro atoms. The third-order valence-electron chi connectivity index (χ3n) is 4.49. The first-order valence-electron chi connectivity index (χ1n) is 7.40. The number of nitro benzene ring substituents is 1. The molecule has 2 aromatic rings. The Morgan fingerprint density at radius 1 is 0.857 bits per heavy atom. The molecule has 0 N–H and O–H groups in total. The summed E-state index contributed by atoms with van der Waals surface area (Å²) < 4.78 is 0.